The lowest BCUT2D eigenvalue weighted by Crippen LogP contribution is -2.53. The van der Waals surface area contributed by atoms with E-state index in [1.54, 1.807) is 35.2 Å². The lowest BCUT2D eigenvalue weighted by molar-refractivity contribution is -0.143. The summed E-state index contributed by atoms with van der Waals surface area (Å²) >= 11 is 0. The van der Waals surface area contributed by atoms with Crippen molar-refractivity contribution in [3.05, 3.63) is 35.9 Å². The van der Waals surface area contributed by atoms with Crippen LogP contribution in [0.3, 0.4) is 0 Å². The first-order valence-electron chi connectivity index (χ1n) is 11.7. The third-order valence-electron chi connectivity index (χ3n) is 6.64. The van der Waals surface area contributed by atoms with Crippen molar-refractivity contribution in [1.82, 2.24) is 20.9 Å². The highest BCUT2D eigenvalue weighted by atomic mass is 16.4. The number of amides is 3. The summed E-state index contributed by atoms with van der Waals surface area (Å²) in [5, 5.41) is 18.4. The molecule has 3 rings (SSSR count). The number of nitrogens with one attached hydrogen (secondary N) is 3. The van der Waals surface area contributed by atoms with E-state index in [9.17, 15) is 24.3 Å². The third-order valence-corrected chi connectivity index (χ3v) is 6.64. The van der Waals surface area contributed by atoms with Gasteiger partial charge in [-0.3, -0.25) is 14.4 Å². The molecule has 3 atom stereocenters. The smallest absolute Gasteiger partial charge is 0.326 e. The van der Waals surface area contributed by atoms with E-state index in [1.165, 1.54) is 0 Å². The van der Waals surface area contributed by atoms with Gasteiger partial charge in [-0.1, -0.05) is 25.1 Å². The van der Waals surface area contributed by atoms with Crippen LogP contribution in [0.15, 0.2) is 30.3 Å². The van der Waals surface area contributed by atoms with Crippen molar-refractivity contribution in [2.75, 3.05) is 26.2 Å². The monoisotopic (exact) mass is 458 g/mol. The molecule has 0 saturated carbocycles. The molecule has 1 aromatic rings. The lowest BCUT2D eigenvalue weighted by Gasteiger charge is -2.35. The van der Waals surface area contributed by atoms with E-state index in [0.717, 1.165) is 38.8 Å². The number of benzene rings is 1. The molecule has 3 unspecified atom stereocenters. The molecule has 2 aliphatic rings. The van der Waals surface area contributed by atoms with Crippen molar-refractivity contribution in [3.63, 3.8) is 0 Å². The first-order valence-corrected chi connectivity index (χ1v) is 11.7. The van der Waals surface area contributed by atoms with Crippen LogP contribution >= 0.6 is 0 Å². The Balaban J connectivity index is 1.52. The van der Waals surface area contributed by atoms with E-state index >= 15 is 0 Å². The Morgan fingerprint density at radius 3 is 2.48 bits per heavy atom. The van der Waals surface area contributed by atoms with Crippen LogP contribution < -0.4 is 16.0 Å². The zero-order valence-electron chi connectivity index (χ0n) is 19.1. The molecule has 1 aromatic carbocycles. The summed E-state index contributed by atoms with van der Waals surface area (Å²) in [7, 11) is 0. The Hall–Kier alpha value is -2.94. The molecule has 0 aliphatic carbocycles. The molecular weight excluding hydrogens is 424 g/mol. The Kier molecular flexibility index (Phi) is 8.82. The maximum absolute atomic E-state index is 12.8. The van der Waals surface area contributed by atoms with Gasteiger partial charge in [0.05, 0.1) is 6.42 Å². The number of hydrogen-bond donors (Lipinski definition) is 4. The molecule has 3 amide bonds. The van der Waals surface area contributed by atoms with Crippen molar-refractivity contribution in [2.24, 2.45) is 11.8 Å². The summed E-state index contributed by atoms with van der Waals surface area (Å²) in [6.45, 7) is 4.68. The second-order valence-corrected chi connectivity index (χ2v) is 9.00. The number of carboxylic acid groups (broad SMARTS) is 1. The van der Waals surface area contributed by atoms with Gasteiger partial charge in [0.25, 0.3) is 5.91 Å². The van der Waals surface area contributed by atoms with Crippen molar-refractivity contribution < 1.29 is 24.3 Å². The number of hydrogen-bond acceptors (Lipinski definition) is 5. The molecule has 33 heavy (non-hydrogen) atoms. The number of nitrogens with zero attached hydrogens (tertiary/aromatic N) is 1. The summed E-state index contributed by atoms with van der Waals surface area (Å²) in [5.74, 6) is -1.85. The number of carbonyl (C=O) groups excluding carboxylic acids is 3. The normalized spacial score (nSPS) is 21.0. The molecule has 9 heteroatoms. The van der Waals surface area contributed by atoms with Gasteiger partial charge in [0.2, 0.25) is 11.8 Å². The Labute approximate surface area is 194 Å². The summed E-state index contributed by atoms with van der Waals surface area (Å²) < 4.78 is 0. The van der Waals surface area contributed by atoms with Gasteiger partial charge in [-0.2, -0.15) is 0 Å². The van der Waals surface area contributed by atoms with Crippen LogP contribution in [0.4, 0.5) is 0 Å². The number of aliphatic carboxylic acids is 1. The molecule has 2 aliphatic heterocycles. The van der Waals surface area contributed by atoms with Gasteiger partial charge >= 0.3 is 5.97 Å². The van der Waals surface area contributed by atoms with E-state index in [0.29, 0.717) is 24.6 Å². The average molecular weight is 459 g/mol. The molecule has 2 saturated heterocycles. The van der Waals surface area contributed by atoms with Crippen molar-refractivity contribution in [2.45, 2.75) is 51.1 Å². The SMILES string of the molecule is CC(C(=O)NC1CCCN(C(=O)CC(NC(=O)c2ccccc2)C(=O)O)C1)C1CCNCC1. The third kappa shape index (κ3) is 7.02. The standard InChI is InChI=1S/C24H34N4O5/c1-16(17-9-11-25-12-10-17)22(30)26-19-8-5-13-28(15-19)21(29)14-20(24(32)33)27-23(31)18-6-3-2-4-7-18/h2-4,6-7,16-17,19-20,25H,5,8-15H2,1H3,(H,26,30)(H,27,31)(H,32,33). The molecule has 0 spiro atoms. The minimum absolute atomic E-state index is 0.0136. The Morgan fingerprint density at radius 1 is 1.12 bits per heavy atom. The highest BCUT2D eigenvalue weighted by Crippen LogP contribution is 2.22. The molecule has 2 fully saturated rings. The van der Waals surface area contributed by atoms with Gasteiger partial charge in [-0.25, -0.2) is 4.79 Å². The Morgan fingerprint density at radius 2 is 1.82 bits per heavy atom. The van der Waals surface area contributed by atoms with Crippen LogP contribution in [-0.2, 0) is 14.4 Å². The van der Waals surface area contributed by atoms with E-state index in [1.807, 2.05) is 6.92 Å². The number of rotatable bonds is 8. The highest BCUT2D eigenvalue weighted by molar-refractivity contribution is 5.97. The zero-order chi connectivity index (χ0) is 23.8. The summed E-state index contributed by atoms with van der Waals surface area (Å²) in [6, 6.07) is 6.82. The average Bonchev–Trinajstić information content (AvgIpc) is 2.84. The van der Waals surface area contributed by atoms with E-state index in [4.69, 9.17) is 0 Å². The quantitative estimate of drug-likeness (QED) is 0.460. The van der Waals surface area contributed by atoms with Crippen LogP contribution in [0.25, 0.3) is 0 Å². The molecule has 0 aromatic heterocycles. The van der Waals surface area contributed by atoms with Gasteiger partial charge in [0.15, 0.2) is 0 Å². The van der Waals surface area contributed by atoms with Gasteiger partial charge in [-0.05, 0) is 56.8 Å². The molecule has 2 heterocycles. The van der Waals surface area contributed by atoms with Gasteiger partial charge in [0, 0.05) is 30.6 Å². The molecule has 4 N–H and O–H groups in total. The maximum atomic E-state index is 12.8. The molecule has 0 bridgehead atoms. The second-order valence-electron chi connectivity index (χ2n) is 9.00. The zero-order valence-corrected chi connectivity index (χ0v) is 19.1. The number of carbonyl (C=O) groups is 4. The van der Waals surface area contributed by atoms with E-state index in [2.05, 4.69) is 16.0 Å². The Bertz CT molecular complexity index is 841. The second kappa shape index (κ2) is 11.8. The first-order chi connectivity index (χ1) is 15.8. The van der Waals surface area contributed by atoms with Crippen molar-refractivity contribution in [3.8, 4) is 0 Å². The fourth-order valence-corrected chi connectivity index (χ4v) is 4.55. The largest absolute Gasteiger partial charge is 0.480 e. The van der Waals surface area contributed by atoms with Crippen LogP contribution in [-0.4, -0.2) is 72.0 Å². The fraction of sp³-hybridized carbons (Fsp3) is 0.583. The minimum atomic E-state index is -1.32. The number of carboxylic acids is 1. The van der Waals surface area contributed by atoms with Gasteiger partial charge in [-0.15, -0.1) is 0 Å². The first kappa shape index (κ1) is 24.7. The fourth-order valence-electron chi connectivity index (χ4n) is 4.55. The summed E-state index contributed by atoms with van der Waals surface area (Å²) in [5.41, 5.74) is 0.333. The van der Waals surface area contributed by atoms with E-state index < -0.39 is 17.9 Å². The molecular formula is C24H34N4O5. The van der Waals surface area contributed by atoms with Crippen LogP contribution in [0.5, 0.6) is 0 Å². The predicted octanol–water partition coefficient (Wildman–Crippen LogP) is 1.00. The lowest BCUT2D eigenvalue weighted by atomic mass is 9.85. The van der Waals surface area contributed by atoms with Crippen LogP contribution in [0.1, 0.15) is 49.4 Å². The molecule has 180 valence electrons. The van der Waals surface area contributed by atoms with Crippen LogP contribution in [0.2, 0.25) is 0 Å². The maximum Gasteiger partial charge on any atom is 0.326 e. The van der Waals surface area contributed by atoms with Gasteiger partial charge < -0.3 is 26.0 Å². The summed E-state index contributed by atoms with van der Waals surface area (Å²) in [6.07, 6.45) is 3.14. The number of likely N-dealkylation sites (tertiary alicyclic amines) is 1. The van der Waals surface area contributed by atoms with Crippen molar-refractivity contribution in [1.29, 1.82) is 0 Å². The van der Waals surface area contributed by atoms with Crippen LogP contribution in [0, 0.1) is 11.8 Å². The number of piperidine rings is 2. The van der Waals surface area contributed by atoms with Crippen molar-refractivity contribution >= 4 is 23.7 Å². The van der Waals surface area contributed by atoms with E-state index in [-0.39, 0.29) is 30.2 Å². The van der Waals surface area contributed by atoms with Gasteiger partial charge in [0.1, 0.15) is 6.04 Å². The highest BCUT2D eigenvalue weighted by Gasteiger charge is 2.32. The molecule has 9 nitrogen and oxygen atoms in total. The topological polar surface area (TPSA) is 128 Å². The summed E-state index contributed by atoms with van der Waals surface area (Å²) in [4.78, 5) is 51.2. The predicted molar refractivity (Wildman–Crippen MR) is 122 cm³/mol. The minimum Gasteiger partial charge on any atom is -0.480 e. The molecule has 0 radical (unpaired) electrons.